The lowest BCUT2D eigenvalue weighted by Gasteiger charge is -2.40. The van der Waals surface area contributed by atoms with Crippen LogP contribution in [0.2, 0.25) is 10.0 Å². The molecule has 166 valence electrons. The van der Waals surface area contributed by atoms with Crippen molar-refractivity contribution in [1.82, 2.24) is 0 Å². The molecule has 2 atom stereocenters. The number of anilines is 1. The van der Waals surface area contributed by atoms with Crippen LogP contribution in [-0.2, 0) is 9.59 Å². The molecule has 2 aliphatic rings. The summed E-state index contributed by atoms with van der Waals surface area (Å²) < 4.78 is 0. The third kappa shape index (κ3) is 4.01. The quantitative estimate of drug-likeness (QED) is 0.400. The van der Waals surface area contributed by atoms with E-state index in [-0.39, 0.29) is 24.0 Å². The lowest BCUT2D eigenvalue weighted by molar-refractivity contribution is -0.120. The summed E-state index contributed by atoms with van der Waals surface area (Å²) in [6.45, 7) is 2.00. The van der Waals surface area contributed by atoms with Gasteiger partial charge in [-0.1, -0.05) is 77.8 Å². The fourth-order valence-electron chi connectivity index (χ4n) is 5.12. The smallest absolute Gasteiger partial charge is 0.232 e. The molecular weight excluding hydrogens is 453 g/mol. The van der Waals surface area contributed by atoms with Crippen LogP contribution in [0.5, 0.6) is 0 Å². The summed E-state index contributed by atoms with van der Waals surface area (Å²) in [5.41, 5.74) is 5.17. The van der Waals surface area contributed by atoms with Gasteiger partial charge in [0.05, 0.1) is 10.0 Å². The van der Waals surface area contributed by atoms with Crippen molar-refractivity contribution >= 4 is 40.6 Å². The molecule has 3 aromatic rings. The molecule has 5 heteroatoms. The number of amides is 1. The number of Topliss-reactive ketones (excluding diaryl/α,β-unsaturated/α-hetero) is 1. The number of allylic oxidation sites excluding steroid dienone is 2. The third-order valence-electron chi connectivity index (χ3n) is 6.62. The molecule has 0 spiro atoms. The van der Waals surface area contributed by atoms with Gasteiger partial charge in [-0.05, 0) is 54.2 Å². The van der Waals surface area contributed by atoms with Crippen molar-refractivity contribution in [3.8, 4) is 0 Å². The molecule has 0 bridgehead atoms. The lowest BCUT2D eigenvalue weighted by atomic mass is 9.72. The Balaban J connectivity index is 1.69. The number of nitrogens with zero attached hydrogens (tertiary/aromatic N) is 1. The Kier molecular flexibility index (Phi) is 5.86. The highest BCUT2D eigenvalue weighted by Crippen LogP contribution is 2.48. The minimum absolute atomic E-state index is 0.0196. The van der Waals surface area contributed by atoms with Crippen molar-refractivity contribution in [3.63, 3.8) is 0 Å². The maximum absolute atomic E-state index is 13.7. The summed E-state index contributed by atoms with van der Waals surface area (Å²) in [6.07, 6.45) is 1.20. The largest absolute Gasteiger partial charge is 0.294 e. The zero-order valence-corrected chi connectivity index (χ0v) is 19.7. The van der Waals surface area contributed by atoms with Crippen LogP contribution in [0.25, 0.3) is 0 Å². The first kappa shape index (κ1) is 21.9. The maximum atomic E-state index is 13.7. The average Bonchev–Trinajstić information content (AvgIpc) is 2.80. The van der Waals surface area contributed by atoms with Gasteiger partial charge >= 0.3 is 0 Å². The molecule has 0 saturated carbocycles. The molecule has 1 aliphatic carbocycles. The molecule has 3 nitrogen and oxygen atoms in total. The number of aryl methyl sites for hydroxylation is 1. The standard InChI is InChI=1S/C28H23Cl2NO2/c1-17-7-5-10-20(13-17)31-24-14-19(18-8-3-2-4-9-18)15-25(32)27(24)22(16-26(31)33)21-11-6-12-23(29)28(21)30/h2-13,19,22H,14-16H2,1H3. The number of benzene rings is 3. The van der Waals surface area contributed by atoms with Crippen LogP contribution in [0.1, 0.15) is 47.8 Å². The van der Waals surface area contributed by atoms with E-state index in [4.69, 9.17) is 23.2 Å². The van der Waals surface area contributed by atoms with Crippen molar-refractivity contribution < 1.29 is 9.59 Å². The van der Waals surface area contributed by atoms with Crippen LogP contribution in [0.4, 0.5) is 5.69 Å². The number of hydrogen-bond acceptors (Lipinski definition) is 2. The number of halogens is 2. The van der Waals surface area contributed by atoms with E-state index in [0.717, 1.165) is 28.1 Å². The van der Waals surface area contributed by atoms with E-state index in [2.05, 4.69) is 12.1 Å². The number of hydrogen-bond donors (Lipinski definition) is 0. The highest BCUT2D eigenvalue weighted by atomic mass is 35.5. The monoisotopic (exact) mass is 475 g/mol. The molecule has 0 aromatic heterocycles. The fourth-order valence-corrected chi connectivity index (χ4v) is 5.56. The van der Waals surface area contributed by atoms with Crippen molar-refractivity contribution in [2.75, 3.05) is 4.90 Å². The van der Waals surface area contributed by atoms with Gasteiger partial charge in [-0.15, -0.1) is 0 Å². The fraction of sp³-hybridized carbons (Fsp3) is 0.214. The van der Waals surface area contributed by atoms with E-state index >= 15 is 0 Å². The van der Waals surface area contributed by atoms with Gasteiger partial charge in [-0.2, -0.15) is 0 Å². The van der Waals surface area contributed by atoms with Gasteiger partial charge in [-0.3, -0.25) is 14.5 Å². The predicted octanol–water partition coefficient (Wildman–Crippen LogP) is 7.22. The molecule has 1 amide bonds. The maximum Gasteiger partial charge on any atom is 0.232 e. The summed E-state index contributed by atoms with van der Waals surface area (Å²) in [5.74, 6) is -0.353. The minimum Gasteiger partial charge on any atom is -0.294 e. The zero-order valence-electron chi connectivity index (χ0n) is 18.2. The molecule has 1 heterocycles. The Morgan fingerprint density at radius 2 is 1.61 bits per heavy atom. The molecule has 2 unspecified atom stereocenters. The van der Waals surface area contributed by atoms with Crippen LogP contribution in [0.3, 0.4) is 0 Å². The number of carbonyl (C=O) groups excluding carboxylic acids is 2. The first-order valence-corrected chi connectivity index (χ1v) is 11.8. The molecule has 1 aliphatic heterocycles. The predicted molar refractivity (Wildman–Crippen MR) is 133 cm³/mol. The summed E-state index contributed by atoms with van der Waals surface area (Å²) in [7, 11) is 0. The topological polar surface area (TPSA) is 37.4 Å². The first-order chi connectivity index (χ1) is 15.9. The molecule has 0 saturated heterocycles. The summed E-state index contributed by atoms with van der Waals surface area (Å²) in [4.78, 5) is 29.0. The van der Waals surface area contributed by atoms with Gasteiger partial charge in [0, 0.05) is 35.7 Å². The van der Waals surface area contributed by atoms with Crippen LogP contribution in [0, 0.1) is 6.92 Å². The van der Waals surface area contributed by atoms with E-state index in [1.807, 2.05) is 61.5 Å². The molecule has 33 heavy (non-hydrogen) atoms. The highest BCUT2D eigenvalue weighted by Gasteiger charge is 2.43. The molecule has 5 rings (SSSR count). The zero-order chi connectivity index (χ0) is 23.1. The molecule has 0 N–H and O–H groups in total. The van der Waals surface area contributed by atoms with Crippen molar-refractivity contribution in [1.29, 1.82) is 0 Å². The van der Waals surface area contributed by atoms with Gasteiger partial charge in [0.25, 0.3) is 0 Å². The number of rotatable bonds is 3. The summed E-state index contributed by atoms with van der Waals surface area (Å²) in [6, 6.07) is 23.3. The summed E-state index contributed by atoms with van der Waals surface area (Å²) in [5, 5.41) is 0.834. The van der Waals surface area contributed by atoms with Gasteiger partial charge in [0.1, 0.15) is 0 Å². The van der Waals surface area contributed by atoms with E-state index in [9.17, 15) is 9.59 Å². The van der Waals surface area contributed by atoms with Crippen LogP contribution < -0.4 is 4.90 Å². The Morgan fingerprint density at radius 3 is 2.36 bits per heavy atom. The molecule has 0 fully saturated rings. The Morgan fingerprint density at radius 1 is 0.848 bits per heavy atom. The van der Waals surface area contributed by atoms with E-state index in [0.29, 0.717) is 28.5 Å². The highest BCUT2D eigenvalue weighted by molar-refractivity contribution is 6.42. The third-order valence-corrected chi connectivity index (χ3v) is 7.45. The Labute approximate surface area is 203 Å². The second kappa shape index (κ2) is 8.81. The Hall–Kier alpha value is -2.88. The number of ketones is 1. The Bertz CT molecular complexity index is 1280. The molecular formula is C28H23Cl2NO2. The van der Waals surface area contributed by atoms with E-state index < -0.39 is 5.92 Å². The van der Waals surface area contributed by atoms with Gasteiger partial charge in [0.15, 0.2) is 5.78 Å². The van der Waals surface area contributed by atoms with Gasteiger partial charge in [0.2, 0.25) is 5.91 Å². The number of carbonyl (C=O) groups is 2. The average molecular weight is 476 g/mol. The first-order valence-electron chi connectivity index (χ1n) is 11.1. The lowest BCUT2D eigenvalue weighted by Crippen LogP contribution is -2.42. The van der Waals surface area contributed by atoms with Crippen molar-refractivity contribution in [3.05, 3.63) is 111 Å². The van der Waals surface area contributed by atoms with E-state index in [1.165, 1.54) is 0 Å². The normalized spacial score (nSPS) is 20.8. The SMILES string of the molecule is Cc1cccc(N2C(=O)CC(c3cccc(Cl)c3Cl)C3=C2CC(c2ccccc2)CC3=O)c1. The molecule has 3 aromatic carbocycles. The van der Waals surface area contributed by atoms with Crippen molar-refractivity contribution in [2.45, 2.75) is 38.0 Å². The summed E-state index contributed by atoms with van der Waals surface area (Å²) >= 11 is 12.9. The minimum atomic E-state index is -0.399. The van der Waals surface area contributed by atoms with Crippen molar-refractivity contribution in [2.24, 2.45) is 0 Å². The van der Waals surface area contributed by atoms with Crippen LogP contribution in [-0.4, -0.2) is 11.7 Å². The second-order valence-electron chi connectivity index (χ2n) is 8.77. The van der Waals surface area contributed by atoms with Crippen LogP contribution in [0.15, 0.2) is 84.1 Å². The van der Waals surface area contributed by atoms with E-state index in [1.54, 1.807) is 11.0 Å². The second-order valence-corrected chi connectivity index (χ2v) is 9.55. The van der Waals surface area contributed by atoms with Gasteiger partial charge in [-0.25, -0.2) is 0 Å². The van der Waals surface area contributed by atoms with Crippen LogP contribution >= 0.6 is 23.2 Å². The van der Waals surface area contributed by atoms with Gasteiger partial charge < -0.3 is 0 Å². The molecule has 0 radical (unpaired) electrons.